The average Bonchev–Trinajstić information content (AvgIpc) is 3.22. The Bertz CT molecular complexity index is 1110. The highest BCUT2D eigenvalue weighted by Gasteiger charge is 2.30. The molecule has 2 aromatic carbocycles. The van der Waals surface area contributed by atoms with Crippen LogP contribution < -0.4 is 14.2 Å². The summed E-state index contributed by atoms with van der Waals surface area (Å²) in [5, 5.41) is 1.02. The van der Waals surface area contributed by atoms with Gasteiger partial charge in [0.15, 0.2) is 5.76 Å². The van der Waals surface area contributed by atoms with Gasteiger partial charge in [-0.1, -0.05) is 0 Å². The molecule has 0 aliphatic carbocycles. The molecule has 2 heterocycles. The van der Waals surface area contributed by atoms with E-state index >= 15 is 0 Å². The first-order chi connectivity index (χ1) is 13.6. The molecule has 0 amide bonds. The fourth-order valence-corrected chi connectivity index (χ4v) is 3.63. The minimum absolute atomic E-state index is 0.110. The van der Waals surface area contributed by atoms with Gasteiger partial charge in [0.2, 0.25) is 5.78 Å². The number of benzene rings is 2. The van der Waals surface area contributed by atoms with E-state index in [0.29, 0.717) is 23.7 Å². The molecule has 5 heteroatoms. The van der Waals surface area contributed by atoms with Crippen molar-refractivity contribution >= 4 is 22.8 Å². The van der Waals surface area contributed by atoms with Crippen LogP contribution in [0.1, 0.15) is 35.3 Å². The molecule has 1 aromatic heterocycles. The van der Waals surface area contributed by atoms with Gasteiger partial charge in [0.1, 0.15) is 17.2 Å². The fourth-order valence-electron chi connectivity index (χ4n) is 3.63. The molecule has 1 aliphatic heterocycles. The van der Waals surface area contributed by atoms with Gasteiger partial charge in [-0.15, -0.1) is 0 Å². The summed E-state index contributed by atoms with van der Waals surface area (Å²) in [5.41, 5.74) is 3.43. The summed E-state index contributed by atoms with van der Waals surface area (Å²) in [5.74, 6) is 2.31. The number of methoxy groups -OCH3 is 1. The first-order valence-corrected chi connectivity index (χ1v) is 9.44. The van der Waals surface area contributed by atoms with Gasteiger partial charge in [-0.3, -0.25) is 4.79 Å². The topological polar surface area (TPSA) is 49.7 Å². The molecule has 0 N–H and O–H groups in total. The Hall–Kier alpha value is -3.21. The minimum atomic E-state index is -0.110. The number of hydrogen-bond donors (Lipinski definition) is 0. The lowest BCUT2D eigenvalue weighted by Crippen LogP contribution is -1.98. The SMILES string of the molecule is CCOc1ccc2c(c1C)OC(=Cc1cn(CC)c3ccc(OC)cc13)C2=O. The van der Waals surface area contributed by atoms with Gasteiger partial charge in [0, 0.05) is 34.8 Å². The zero-order valence-electron chi connectivity index (χ0n) is 16.5. The van der Waals surface area contributed by atoms with Crippen LogP contribution in [0.4, 0.5) is 0 Å². The largest absolute Gasteiger partial charge is 0.497 e. The lowest BCUT2D eigenvalue weighted by Gasteiger charge is -2.09. The van der Waals surface area contributed by atoms with Crippen LogP contribution in [0, 0.1) is 6.92 Å². The molecule has 0 radical (unpaired) electrons. The van der Waals surface area contributed by atoms with Crippen molar-refractivity contribution in [2.24, 2.45) is 0 Å². The normalized spacial score (nSPS) is 14.4. The zero-order chi connectivity index (χ0) is 19.8. The maximum atomic E-state index is 12.9. The number of ether oxygens (including phenoxy) is 3. The van der Waals surface area contributed by atoms with Crippen LogP contribution in [0.2, 0.25) is 0 Å². The average molecular weight is 377 g/mol. The van der Waals surface area contributed by atoms with Gasteiger partial charge >= 0.3 is 0 Å². The maximum Gasteiger partial charge on any atom is 0.231 e. The van der Waals surface area contributed by atoms with Crippen molar-refractivity contribution in [3.63, 3.8) is 0 Å². The van der Waals surface area contributed by atoms with Crippen molar-refractivity contribution in [1.82, 2.24) is 4.57 Å². The number of Topliss-reactive ketones (excluding diaryl/α,β-unsaturated/α-hetero) is 1. The molecular weight excluding hydrogens is 354 g/mol. The van der Waals surface area contributed by atoms with E-state index < -0.39 is 0 Å². The maximum absolute atomic E-state index is 12.9. The van der Waals surface area contributed by atoms with Crippen LogP contribution in [-0.2, 0) is 6.54 Å². The molecule has 0 fully saturated rings. The van der Waals surface area contributed by atoms with Gasteiger partial charge in [-0.2, -0.15) is 0 Å². The van der Waals surface area contributed by atoms with Crippen molar-refractivity contribution in [1.29, 1.82) is 0 Å². The first-order valence-electron chi connectivity index (χ1n) is 9.44. The molecule has 0 atom stereocenters. The van der Waals surface area contributed by atoms with E-state index in [1.54, 1.807) is 13.2 Å². The van der Waals surface area contributed by atoms with Gasteiger partial charge in [-0.25, -0.2) is 0 Å². The first kappa shape index (κ1) is 18.2. The number of hydrogen-bond acceptors (Lipinski definition) is 4. The molecule has 0 bridgehead atoms. The highest BCUT2D eigenvalue weighted by Crippen LogP contribution is 2.40. The van der Waals surface area contributed by atoms with Gasteiger partial charge < -0.3 is 18.8 Å². The molecule has 144 valence electrons. The smallest absolute Gasteiger partial charge is 0.231 e. The predicted molar refractivity (Wildman–Crippen MR) is 109 cm³/mol. The molecule has 1 aliphatic rings. The summed E-state index contributed by atoms with van der Waals surface area (Å²) < 4.78 is 19.1. The van der Waals surface area contributed by atoms with Crippen LogP contribution in [0.15, 0.2) is 42.3 Å². The minimum Gasteiger partial charge on any atom is -0.497 e. The van der Waals surface area contributed by atoms with Crippen LogP contribution in [0.3, 0.4) is 0 Å². The number of nitrogens with zero attached hydrogens (tertiary/aromatic N) is 1. The molecular formula is C23H23NO4. The van der Waals surface area contributed by atoms with Crippen LogP contribution in [0.5, 0.6) is 17.2 Å². The molecule has 5 nitrogen and oxygen atoms in total. The fraction of sp³-hybridized carbons (Fsp3) is 0.261. The number of ketones is 1. The standard InChI is InChI=1S/C23H23NO4/c1-5-24-13-15(18-12-16(26-4)7-9-19(18)24)11-21-22(25)17-8-10-20(27-6-2)14(3)23(17)28-21/h7-13H,5-6H2,1-4H3. The molecule has 28 heavy (non-hydrogen) atoms. The number of aromatic nitrogens is 1. The van der Waals surface area contributed by atoms with Crippen molar-refractivity contribution in [2.45, 2.75) is 27.3 Å². The summed E-state index contributed by atoms with van der Waals surface area (Å²) in [7, 11) is 1.65. The third kappa shape index (κ3) is 2.83. The van der Waals surface area contributed by atoms with Gasteiger partial charge in [-0.05, 0) is 57.2 Å². The number of allylic oxidation sites excluding steroid dienone is 1. The van der Waals surface area contributed by atoms with Crippen molar-refractivity contribution < 1.29 is 19.0 Å². The molecule has 0 spiro atoms. The monoisotopic (exact) mass is 377 g/mol. The Balaban J connectivity index is 1.80. The van der Waals surface area contributed by atoms with E-state index in [4.69, 9.17) is 14.2 Å². The van der Waals surface area contributed by atoms with E-state index in [2.05, 4.69) is 11.5 Å². The predicted octanol–water partition coefficient (Wildman–Crippen LogP) is 4.99. The number of aryl methyl sites for hydroxylation is 1. The van der Waals surface area contributed by atoms with Crippen LogP contribution in [-0.4, -0.2) is 24.1 Å². The lowest BCUT2D eigenvalue weighted by molar-refractivity contribution is 0.101. The summed E-state index contributed by atoms with van der Waals surface area (Å²) >= 11 is 0. The molecule has 0 saturated carbocycles. The summed E-state index contributed by atoms with van der Waals surface area (Å²) in [6.45, 7) is 7.33. The molecule has 0 unspecified atom stereocenters. The molecule has 4 rings (SSSR count). The molecule has 0 saturated heterocycles. The second-order valence-electron chi connectivity index (χ2n) is 6.69. The highest BCUT2D eigenvalue weighted by molar-refractivity contribution is 6.15. The number of fused-ring (bicyclic) bond motifs is 2. The summed E-state index contributed by atoms with van der Waals surface area (Å²) in [6, 6.07) is 9.56. The Labute approximate surface area is 164 Å². The van der Waals surface area contributed by atoms with Crippen LogP contribution >= 0.6 is 0 Å². The summed E-state index contributed by atoms with van der Waals surface area (Å²) in [4.78, 5) is 12.9. The quantitative estimate of drug-likeness (QED) is 0.588. The molecule has 3 aromatic rings. The van der Waals surface area contributed by atoms with E-state index in [-0.39, 0.29) is 5.78 Å². The van der Waals surface area contributed by atoms with E-state index in [9.17, 15) is 4.79 Å². The van der Waals surface area contributed by atoms with Crippen LogP contribution in [0.25, 0.3) is 17.0 Å². The van der Waals surface area contributed by atoms with Crippen molar-refractivity contribution in [3.8, 4) is 17.2 Å². The zero-order valence-corrected chi connectivity index (χ0v) is 16.5. The Kier molecular flexibility index (Phi) is 4.59. The lowest BCUT2D eigenvalue weighted by atomic mass is 10.1. The van der Waals surface area contributed by atoms with E-state index in [1.807, 2.05) is 50.4 Å². The van der Waals surface area contributed by atoms with Crippen molar-refractivity contribution in [3.05, 3.63) is 59.0 Å². The Morgan fingerprint density at radius 2 is 2.00 bits per heavy atom. The second kappa shape index (κ2) is 7.08. The van der Waals surface area contributed by atoms with E-state index in [1.165, 1.54) is 0 Å². The Morgan fingerprint density at radius 1 is 1.18 bits per heavy atom. The Morgan fingerprint density at radius 3 is 2.71 bits per heavy atom. The van der Waals surface area contributed by atoms with Gasteiger partial charge in [0.25, 0.3) is 0 Å². The number of carbonyl (C=O) groups is 1. The third-order valence-electron chi connectivity index (χ3n) is 5.08. The van der Waals surface area contributed by atoms with Gasteiger partial charge in [0.05, 0.1) is 19.3 Å². The highest BCUT2D eigenvalue weighted by atomic mass is 16.5. The van der Waals surface area contributed by atoms with E-state index in [0.717, 1.165) is 40.1 Å². The summed E-state index contributed by atoms with van der Waals surface area (Å²) in [6.07, 6.45) is 3.85. The third-order valence-corrected chi connectivity index (χ3v) is 5.08. The second-order valence-corrected chi connectivity index (χ2v) is 6.69. The number of rotatable bonds is 5. The van der Waals surface area contributed by atoms with Crippen molar-refractivity contribution in [2.75, 3.05) is 13.7 Å². The number of carbonyl (C=O) groups excluding carboxylic acids is 1.